The minimum absolute atomic E-state index is 0.236. The van der Waals surface area contributed by atoms with Crippen molar-refractivity contribution in [2.45, 2.75) is 70.5 Å². The molecule has 0 aromatic heterocycles. The van der Waals surface area contributed by atoms with Gasteiger partial charge in [0, 0.05) is 24.0 Å². The molecule has 92 valence electrons. The zero-order valence-electron chi connectivity index (χ0n) is 10.6. The fraction of sp³-hybridized carbons (Fsp3) is 0.923. The van der Waals surface area contributed by atoms with Gasteiger partial charge in [-0.25, -0.2) is 0 Å². The van der Waals surface area contributed by atoms with E-state index in [1.807, 2.05) is 0 Å². The third kappa shape index (κ3) is 2.24. The number of carbonyl (C=O) groups is 1. The zero-order valence-corrected chi connectivity index (χ0v) is 10.6. The van der Waals surface area contributed by atoms with E-state index in [0.29, 0.717) is 24.4 Å². The number of nitrogens with zero attached hydrogens (tertiary/aromatic N) is 1. The second-order valence-corrected chi connectivity index (χ2v) is 6.40. The smallest absolute Gasteiger partial charge is 0.303 e. The highest BCUT2D eigenvalue weighted by Crippen LogP contribution is 2.43. The molecule has 0 spiro atoms. The second-order valence-electron chi connectivity index (χ2n) is 6.40. The third-order valence-corrected chi connectivity index (χ3v) is 4.07. The molecule has 2 saturated heterocycles. The van der Waals surface area contributed by atoms with Crippen molar-refractivity contribution in [1.29, 1.82) is 0 Å². The number of hydrogen-bond donors (Lipinski definition) is 1. The molecule has 2 aliphatic heterocycles. The Bertz CT molecular complexity index is 268. The highest BCUT2D eigenvalue weighted by atomic mass is 16.4. The Morgan fingerprint density at radius 1 is 1.25 bits per heavy atom. The molecule has 1 N–H and O–H groups in total. The summed E-state index contributed by atoms with van der Waals surface area (Å²) in [5.41, 5.74) is 0.236. The maximum absolute atomic E-state index is 10.8. The van der Waals surface area contributed by atoms with Crippen LogP contribution in [0.15, 0.2) is 0 Å². The fourth-order valence-electron chi connectivity index (χ4n) is 3.80. The Kier molecular flexibility index (Phi) is 2.99. The van der Waals surface area contributed by atoms with E-state index in [1.165, 1.54) is 12.8 Å². The monoisotopic (exact) mass is 225 g/mol. The average Bonchev–Trinajstić information content (AvgIpc) is 2.37. The number of piperidine rings is 1. The highest BCUT2D eigenvalue weighted by Gasteiger charge is 2.45. The van der Waals surface area contributed by atoms with Crippen molar-refractivity contribution in [2.75, 3.05) is 0 Å². The molecule has 16 heavy (non-hydrogen) atoms. The van der Waals surface area contributed by atoms with Gasteiger partial charge >= 0.3 is 5.97 Å². The number of aliphatic carboxylic acids is 1. The van der Waals surface area contributed by atoms with Gasteiger partial charge in [-0.05, 0) is 52.4 Å². The predicted octanol–water partition coefficient (Wildman–Crippen LogP) is 2.50. The summed E-state index contributed by atoms with van der Waals surface area (Å²) >= 11 is 0. The Balaban J connectivity index is 2.04. The summed E-state index contributed by atoms with van der Waals surface area (Å²) in [5.74, 6) is -0.220. The van der Waals surface area contributed by atoms with Crippen molar-refractivity contribution >= 4 is 5.97 Å². The quantitative estimate of drug-likeness (QED) is 0.785. The predicted molar refractivity (Wildman–Crippen MR) is 63.4 cm³/mol. The molecule has 0 aliphatic carbocycles. The van der Waals surface area contributed by atoms with E-state index < -0.39 is 5.97 Å². The van der Waals surface area contributed by atoms with Gasteiger partial charge < -0.3 is 5.11 Å². The van der Waals surface area contributed by atoms with Crippen molar-refractivity contribution < 1.29 is 9.90 Å². The highest BCUT2D eigenvalue weighted by molar-refractivity contribution is 5.67. The van der Waals surface area contributed by atoms with E-state index in [9.17, 15) is 4.79 Å². The van der Waals surface area contributed by atoms with Crippen LogP contribution in [-0.2, 0) is 4.79 Å². The molecule has 2 bridgehead atoms. The van der Waals surface area contributed by atoms with Gasteiger partial charge in [0.1, 0.15) is 0 Å². The lowest BCUT2D eigenvalue weighted by molar-refractivity contribution is -0.138. The van der Waals surface area contributed by atoms with Crippen molar-refractivity contribution in [3.05, 3.63) is 0 Å². The van der Waals surface area contributed by atoms with E-state index in [0.717, 1.165) is 12.8 Å². The summed E-state index contributed by atoms with van der Waals surface area (Å²) in [5, 5.41) is 8.87. The van der Waals surface area contributed by atoms with Crippen LogP contribution < -0.4 is 0 Å². The molecule has 3 heteroatoms. The fourth-order valence-corrected chi connectivity index (χ4v) is 3.80. The van der Waals surface area contributed by atoms with E-state index in [1.54, 1.807) is 0 Å². The molecule has 0 radical (unpaired) electrons. The van der Waals surface area contributed by atoms with Gasteiger partial charge in [0.15, 0.2) is 0 Å². The van der Waals surface area contributed by atoms with Gasteiger partial charge in [-0.2, -0.15) is 0 Å². The normalized spacial score (nSPS) is 35.3. The maximum atomic E-state index is 10.8. The van der Waals surface area contributed by atoms with Crippen LogP contribution in [0.5, 0.6) is 0 Å². The van der Waals surface area contributed by atoms with Crippen molar-refractivity contribution in [1.82, 2.24) is 4.90 Å². The van der Waals surface area contributed by atoms with Gasteiger partial charge in [-0.3, -0.25) is 9.69 Å². The summed E-state index contributed by atoms with van der Waals surface area (Å²) in [7, 11) is 0. The average molecular weight is 225 g/mol. The van der Waals surface area contributed by atoms with Crippen LogP contribution in [-0.4, -0.2) is 33.6 Å². The van der Waals surface area contributed by atoms with Crippen LogP contribution >= 0.6 is 0 Å². The van der Waals surface area contributed by atoms with Crippen LogP contribution in [0, 0.1) is 5.92 Å². The van der Waals surface area contributed by atoms with Gasteiger partial charge in [-0.15, -0.1) is 0 Å². The topological polar surface area (TPSA) is 40.5 Å². The molecule has 0 saturated carbocycles. The van der Waals surface area contributed by atoms with Gasteiger partial charge in [0.2, 0.25) is 0 Å². The first kappa shape index (κ1) is 11.9. The minimum atomic E-state index is -0.631. The molecule has 0 aromatic carbocycles. The first-order valence-corrected chi connectivity index (χ1v) is 6.38. The first-order chi connectivity index (χ1) is 7.38. The van der Waals surface area contributed by atoms with Crippen molar-refractivity contribution in [2.24, 2.45) is 5.92 Å². The number of carboxylic acids is 1. The number of fused-ring (bicyclic) bond motifs is 2. The summed E-state index contributed by atoms with van der Waals surface area (Å²) < 4.78 is 0. The zero-order chi connectivity index (χ0) is 11.9. The number of hydrogen-bond acceptors (Lipinski definition) is 2. The van der Waals surface area contributed by atoms with Crippen LogP contribution in [0.2, 0.25) is 0 Å². The Hall–Kier alpha value is -0.570. The number of carboxylic acid groups (broad SMARTS) is 1. The number of rotatable bonds is 2. The molecule has 3 nitrogen and oxygen atoms in total. The Morgan fingerprint density at radius 3 is 2.12 bits per heavy atom. The van der Waals surface area contributed by atoms with E-state index in [4.69, 9.17) is 5.11 Å². The molecule has 2 rings (SSSR count). The van der Waals surface area contributed by atoms with E-state index >= 15 is 0 Å². The second kappa shape index (κ2) is 4.02. The molecule has 2 aliphatic rings. The lowest BCUT2D eigenvalue weighted by Gasteiger charge is -2.46. The Labute approximate surface area is 97.8 Å². The first-order valence-electron chi connectivity index (χ1n) is 6.38. The van der Waals surface area contributed by atoms with Gasteiger partial charge in [0.05, 0.1) is 0 Å². The summed E-state index contributed by atoms with van der Waals surface area (Å²) in [6.45, 7) is 6.82. The molecule has 2 heterocycles. The van der Waals surface area contributed by atoms with Crippen LogP contribution in [0.4, 0.5) is 0 Å². The summed E-state index contributed by atoms with van der Waals surface area (Å²) in [6, 6.07) is 1.26. The van der Waals surface area contributed by atoms with Crippen LogP contribution in [0.1, 0.15) is 52.9 Å². The molecular formula is C13H23NO2. The van der Waals surface area contributed by atoms with Gasteiger partial charge in [-0.1, -0.05) is 0 Å². The van der Waals surface area contributed by atoms with Crippen molar-refractivity contribution in [3.63, 3.8) is 0 Å². The SMILES string of the molecule is CC(C)(C)N1C2CCC1CC(CC(=O)O)C2. The van der Waals surface area contributed by atoms with Crippen molar-refractivity contribution in [3.8, 4) is 0 Å². The minimum Gasteiger partial charge on any atom is -0.481 e. The Morgan fingerprint density at radius 2 is 1.75 bits per heavy atom. The summed E-state index contributed by atoms with van der Waals surface area (Å²) in [4.78, 5) is 13.4. The molecule has 2 fully saturated rings. The molecule has 0 aromatic rings. The maximum Gasteiger partial charge on any atom is 0.303 e. The van der Waals surface area contributed by atoms with E-state index in [-0.39, 0.29) is 5.54 Å². The molecule has 0 amide bonds. The molecular weight excluding hydrogens is 202 g/mol. The lowest BCUT2D eigenvalue weighted by Crippen LogP contribution is -2.52. The molecule has 2 unspecified atom stereocenters. The third-order valence-electron chi connectivity index (χ3n) is 4.07. The van der Waals surface area contributed by atoms with Gasteiger partial charge in [0.25, 0.3) is 0 Å². The molecule has 2 atom stereocenters. The van der Waals surface area contributed by atoms with Crippen LogP contribution in [0.3, 0.4) is 0 Å². The summed E-state index contributed by atoms with van der Waals surface area (Å²) in [6.07, 6.45) is 5.06. The lowest BCUT2D eigenvalue weighted by atomic mass is 9.85. The van der Waals surface area contributed by atoms with E-state index in [2.05, 4.69) is 25.7 Å². The largest absolute Gasteiger partial charge is 0.481 e. The van der Waals surface area contributed by atoms with Crippen LogP contribution in [0.25, 0.3) is 0 Å². The standard InChI is InChI=1S/C13H23NO2/c1-13(2,3)14-10-4-5-11(14)7-9(6-10)8-12(15)16/h9-11H,4-8H2,1-3H3,(H,15,16).